The van der Waals surface area contributed by atoms with Gasteiger partial charge in [0.1, 0.15) is 6.54 Å². The van der Waals surface area contributed by atoms with Crippen LogP contribution in [0.15, 0.2) is 18.2 Å². The molecule has 0 saturated carbocycles. The van der Waals surface area contributed by atoms with Crippen LogP contribution in [0.1, 0.15) is 38.3 Å². The molecule has 1 aromatic carbocycles. The Labute approximate surface area is 110 Å². The molecule has 0 saturated heterocycles. The molecule has 0 aliphatic carbocycles. The summed E-state index contributed by atoms with van der Waals surface area (Å²) in [6.07, 6.45) is 4.41. The molecular formula is C16H21N2. The lowest BCUT2D eigenvalue weighted by molar-refractivity contribution is 0.411. The number of fused-ring (bicyclic) bond motifs is 1. The summed E-state index contributed by atoms with van der Waals surface area (Å²) in [5.74, 6) is 0. The van der Waals surface area contributed by atoms with Gasteiger partial charge in [-0.1, -0.05) is 32.9 Å². The van der Waals surface area contributed by atoms with E-state index in [1.165, 1.54) is 16.8 Å². The van der Waals surface area contributed by atoms with Gasteiger partial charge in [-0.3, -0.25) is 0 Å². The van der Waals surface area contributed by atoms with E-state index < -0.39 is 0 Å². The number of hydrogen-bond donors (Lipinski definition) is 0. The first-order valence-electron chi connectivity index (χ1n) is 6.58. The van der Waals surface area contributed by atoms with Crippen molar-refractivity contribution in [3.05, 3.63) is 35.7 Å². The van der Waals surface area contributed by atoms with E-state index in [9.17, 15) is 0 Å². The Morgan fingerprint density at radius 1 is 1.33 bits per heavy atom. The van der Waals surface area contributed by atoms with Crippen molar-refractivity contribution in [1.29, 1.82) is 5.26 Å². The topological polar surface area (TPSA) is 27.0 Å². The summed E-state index contributed by atoms with van der Waals surface area (Å²) >= 11 is 0. The van der Waals surface area contributed by atoms with Gasteiger partial charge >= 0.3 is 0 Å². The second-order valence-electron chi connectivity index (χ2n) is 6.20. The lowest BCUT2D eigenvalue weighted by Crippen LogP contribution is -2.29. The van der Waals surface area contributed by atoms with Crippen molar-refractivity contribution in [1.82, 2.24) is 0 Å². The van der Waals surface area contributed by atoms with Gasteiger partial charge < -0.3 is 4.90 Å². The summed E-state index contributed by atoms with van der Waals surface area (Å²) in [5, 5.41) is 8.85. The summed E-state index contributed by atoms with van der Waals surface area (Å²) in [7, 11) is 0. The van der Waals surface area contributed by atoms with Crippen LogP contribution in [-0.4, -0.2) is 13.1 Å². The van der Waals surface area contributed by atoms with Gasteiger partial charge in [-0.2, -0.15) is 5.26 Å². The number of hydrogen-bond acceptors (Lipinski definition) is 2. The van der Waals surface area contributed by atoms with E-state index in [-0.39, 0.29) is 0 Å². The fourth-order valence-corrected chi connectivity index (χ4v) is 2.52. The Hall–Kier alpha value is -1.49. The molecule has 0 atom stereocenters. The Morgan fingerprint density at radius 2 is 2.11 bits per heavy atom. The summed E-state index contributed by atoms with van der Waals surface area (Å²) < 4.78 is 0. The molecule has 2 rings (SSSR count). The normalized spacial score (nSPS) is 15.1. The van der Waals surface area contributed by atoms with E-state index in [1.807, 2.05) is 0 Å². The van der Waals surface area contributed by atoms with Gasteiger partial charge in [-0.15, -0.1) is 0 Å². The Kier molecular flexibility index (Phi) is 3.61. The van der Waals surface area contributed by atoms with Gasteiger partial charge in [0.25, 0.3) is 0 Å². The second-order valence-corrected chi connectivity index (χ2v) is 6.20. The highest BCUT2D eigenvalue weighted by Crippen LogP contribution is 2.31. The maximum absolute atomic E-state index is 8.85. The predicted octanol–water partition coefficient (Wildman–Crippen LogP) is 3.56. The third-order valence-electron chi connectivity index (χ3n) is 3.19. The molecule has 0 N–H and O–H groups in total. The second kappa shape index (κ2) is 5.02. The zero-order chi connectivity index (χ0) is 13.2. The van der Waals surface area contributed by atoms with Crippen LogP contribution in [0.5, 0.6) is 0 Å². The number of nitrogens with zero attached hydrogens (tertiary/aromatic N) is 2. The molecule has 0 spiro atoms. The van der Waals surface area contributed by atoms with Gasteiger partial charge in [-0.05, 0) is 41.9 Å². The highest BCUT2D eigenvalue weighted by atomic mass is 15.1. The molecule has 0 bridgehead atoms. The lowest BCUT2D eigenvalue weighted by Gasteiger charge is -2.30. The molecule has 0 amide bonds. The quantitative estimate of drug-likeness (QED) is 0.740. The third kappa shape index (κ3) is 3.04. The molecule has 1 aromatic rings. The smallest absolute Gasteiger partial charge is 0.105 e. The lowest BCUT2D eigenvalue weighted by atomic mass is 9.86. The van der Waals surface area contributed by atoms with E-state index >= 15 is 0 Å². The molecule has 1 aliphatic heterocycles. The minimum atomic E-state index is 0.315. The first-order chi connectivity index (χ1) is 8.49. The molecule has 2 nitrogen and oxygen atoms in total. The van der Waals surface area contributed by atoms with Crippen LogP contribution in [-0.2, 0) is 6.42 Å². The van der Waals surface area contributed by atoms with Crippen molar-refractivity contribution in [3.8, 4) is 6.07 Å². The zero-order valence-electron chi connectivity index (χ0n) is 11.5. The van der Waals surface area contributed by atoms with Gasteiger partial charge in [0.15, 0.2) is 0 Å². The summed E-state index contributed by atoms with van der Waals surface area (Å²) in [5.41, 5.74) is 4.20. The number of anilines is 1. The highest BCUT2D eigenvalue weighted by Gasteiger charge is 2.18. The third-order valence-corrected chi connectivity index (χ3v) is 3.19. The number of rotatable bonds is 2. The van der Waals surface area contributed by atoms with E-state index in [2.05, 4.69) is 56.4 Å². The predicted molar refractivity (Wildman–Crippen MR) is 75.4 cm³/mol. The minimum Gasteiger partial charge on any atom is -0.358 e. The van der Waals surface area contributed by atoms with Crippen molar-refractivity contribution in [2.24, 2.45) is 5.41 Å². The fraction of sp³-hybridized carbons (Fsp3) is 0.500. The Morgan fingerprint density at radius 3 is 2.78 bits per heavy atom. The van der Waals surface area contributed by atoms with Crippen LogP contribution >= 0.6 is 0 Å². The molecule has 0 aromatic heterocycles. The van der Waals surface area contributed by atoms with Gasteiger partial charge in [0, 0.05) is 12.2 Å². The molecule has 95 valence electrons. The summed E-state index contributed by atoms with van der Waals surface area (Å²) in [6, 6.07) is 8.90. The SMILES string of the molecule is CC(C)(C)Cc1ccc2c(c1)[CH]CCN2CC#N. The van der Waals surface area contributed by atoms with Crippen LogP contribution in [0, 0.1) is 23.2 Å². The van der Waals surface area contributed by atoms with Gasteiger partial charge in [0.05, 0.1) is 6.07 Å². The van der Waals surface area contributed by atoms with Crippen molar-refractivity contribution in [3.63, 3.8) is 0 Å². The van der Waals surface area contributed by atoms with E-state index in [0.29, 0.717) is 12.0 Å². The monoisotopic (exact) mass is 241 g/mol. The molecule has 1 aliphatic rings. The van der Waals surface area contributed by atoms with Crippen LogP contribution in [0.3, 0.4) is 0 Å². The fourth-order valence-electron chi connectivity index (χ4n) is 2.52. The van der Waals surface area contributed by atoms with Gasteiger partial charge in [0.2, 0.25) is 0 Å². The van der Waals surface area contributed by atoms with Gasteiger partial charge in [-0.25, -0.2) is 0 Å². The van der Waals surface area contributed by atoms with Crippen LogP contribution in [0.2, 0.25) is 0 Å². The largest absolute Gasteiger partial charge is 0.358 e. The molecule has 18 heavy (non-hydrogen) atoms. The maximum Gasteiger partial charge on any atom is 0.105 e. The van der Waals surface area contributed by atoms with Crippen LogP contribution in [0.4, 0.5) is 5.69 Å². The first kappa shape index (κ1) is 13.0. The molecule has 0 fully saturated rings. The van der Waals surface area contributed by atoms with Crippen molar-refractivity contribution >= 4 is 5.69 Å². The minimum absolute atomic E-state index is 0.315. The van der Waals surface area contributed by atoms with Crippen molar-refractivity contribution in [2.45, 2.75) is 33.6 Å². The van der Waals surface area contributed by atoms with E-state index in [1.54, 1.807) is 0 Å². The average Bonchev–Trinajstić information content (AvgIpc) is 2.27. The maximum atomic E-state index is 8.85. The Bertz CT molecular complexity index is 463. The molecule has 2 heteroatoms. The van der Waals surface area contributed by atoms with Crippen molar-refractivity contribution in [2.75, 3.05) is 18.0 Å². The number of nitriles is 1. The first-order valence-corrected chi connectivity index (χ1v) is 6.58. The van der Waals surface area contributed by atoms with E-state index in [4.69, 9.17) is 5.26 Å². The molecule has 1 radical (unpaired) electrons. The van der Waals surface area contributed by atoms with Crippen molar-refractivity contribution < 1.29 is 0 Å². The summed E-state index contributed by atoms with van der Waals surface area (Å²) in [4.78, 5) is 2.16. The molecule has 0 unspecified atom stereocenters. The van der Waals surface area contributed by atoms with E-state index in [0.717, 1.165) is 19.4 Å². The molecular weight excluding hydrogens is 220 g/mol. The highest BCUT2D eigenvalue weighted by molar-refractivity contribution is 5.60. The standard InChI is InChI=1S/C16H21N2/c1-16(2,3)12-13-6-7-15-14(11-13)5-4-9-18(15)10-8-17/h5-7,11H,4,9-10,12H2,1-3H3. The number of benzene rings is 1. The average molecular weight is 241 g/mol. The summed E-state index contributed by atoms with van der Waals surface area (Å²) in [6.45, 7) is 8.23. The zero-order valence-corrected chi connectivity index (χ0v) is 11.5. The van der Waals surface area contributed by atoms with Crippen LogP contribution < -0.4 is 4.90 Å². The Balaban J connectivity index is 2.24. The molecule has 1 heterocycles. The van der Waals surface area contributed by atoms with Crippen LogP contribution in [0.25, 0.3) is 0 Å².